The first-order chi connectivity index (χ1) is 9.65. The number of hydrogen-bond donors (Lipinski definition) is 1. The normalized spacial score (nSPS) is 28.4. The van der Waals surface area contributed by atoms with E-state index in [2.05, 4.69) is 16.8 Å². The third-order valence-electron chi connectivity index (χ3n) is 4.18. The van der Waals surface area contributed by atoms with Crippen LogP contribution in [-0.2, 0) is 9.53 Å². The summed E-state index contributed by atoms with van der Waals surface area (Å²) in [7, 11) is 0. The molecule has 4 nitrogen and oxygen atoms in total. The number of carbonyl (C=O) groups is 1. The van der Waals surface area contributed by atoms with Crippen LogP contribution in [0.2, 0.25) is 0 Å². The van der Waals surface area contributed by atoms with Crippen molar-refractivity contribution in [2.75, 3.05) is 39.4 Å². The maximum absolute atomic E-state index is 12.0. The standard InChI is InChI=1S/C15H25ClN2O2/c1-12-10-14(16)3-2-13(12)11-15(19)17-4-5-18-6-8-20-9-7-18/h13-14H,1-11H2,(H,17,19). The predicted octanol–water partition coefficient (Wildman–Crippen LogP) is 1.79. The van der Waals surface area contributed by atoms with E-state index in [-0.39, 0.29) is 11.3 Å². The summed E-state index contributed by atoms with van der Waals surface area (Å²) in [5, 5.41) is 3.22. The third-order valence-corrected chi connectivity index (χ3v) is 4.55. The second-order valence-electron chi connectivity index (χ2n) is 5.74. The van der Waals surface area contributed by atoms with Gasteiger partial charge in [0.15, 0.2) is 0 Å². The summed E-state index contributed by atoms with van der Waals surface area (Å²) in [6, 6.07) is 0. The highest BCUT2D eigenvalue weighted by Crippen LogP contribution is 2.33. The van der Waals surface area contributed by atoms with E-state index in [0.717, 1.165) is 64.2 Å². The molecule has 0 spiro atoms. The van der Waals surface area contributed by atoms with Crippen LogP contribution in [-0.4, -0.2) is 55.6 Å². The second kappa shape index (κ2) is 8.01. The van der Waals surface area contributed by atoms with Crippen LogP contribution < -0.4 is 5.32 Å². The highest BCUT2D eigenvalue weighted by Gasteiger charge is 2.24. The van der Waals surface area contributed by atoms with Gasteiger partial charge in [-0.1, -0.05) is 12.2 Å². The molecule has 1 N–H and O–H groups in total. The number of amides is 1. The second-order valence-corrected chi connectivity index (χ2v) is 6.36. The Morgan fingerprint density at radius 3 is 2.85 bits per heavy atom. The van der Waals surface area contributed by atoms with Gasteiger partial charge in [0.2, 0.25) is 5.91 Å². The number of allylic oxidation sites excluding steroid dienone is 1. The van der Waals surface area contributed by atoms with Crippen molar-refractivity contribution in [3.8, 4) is 0 Å². The summed E-state index contributed by atoms with van der Waals surface area (Å²) >= 11 is 6.11. The van der Waals surface area contributed by atoms with Gasteiger partial charge in [0.05, 0.1) is 13.2 Å². The fraction of sp³-hybridized carbons (Fsp3) is 0.800. The zero-order valence-corrected chi connectivity index (χ0v) is 12.8. The van der Waals surface area contributed by atoms with E-state index in [1.54, 1.807) is 0 Å². The molecule has 2 aliphatic rings. The first-order valence-corrected chi connectivity index (χ1v) is 7.97. The molecule has 20 heavy (non-hydrogen) atoms. The Hall–Kier alpha value is -0.580. The summed E-state index contributed by atoms with van der Waals surface area (Å²) in [4.78, 5) is 14.3. The summed E-state index contributed by atoms with van der Waals surface area (Å²) in [5.74, 6) is 0.450. The summed E-state index contributed by atoms with van der Waals surface area (Å²) in [6.45, 7) is 9.22. The molecule has 5 heteroatoms. The van der Waals surface area contributed by atoms with E-state index >= 15 is 0 Å². The highest BCUT2D eigenvalue weighted by atomic mass is 35.5. The van der Waals surface area contributed by atoms with Crippen molar-refractivity contribution in [3.05, 3.63) is 12.2 Å². The minimum absolute atomic E-state index is 0.137. The van der Waals surface area contributed by atoms with Crippen molar-refractivity contribution in [2.45, 2.75) is 31.1 Å². The van der Waals surface area contributed by atoms with Gasteiger partial charge < -0.3 is 10.1 Å². The largest absolute Gasteiger partial charge is 0.379 e. The number of halogens is 1. The van der Waals surface area contributed by atoms with E-state index in [9.17, 15) is 4.79 Å². The van der Waals surface area contributed by atoms with Gasteiger partial charge >= 0.3 is 0 Å². The van der Waals surface area contributed by atoms with E-state index in [1.165, 1.54) is 0 Å². The van der Waals surface area contributed by atoms with Crippen molar-refractivity contribution in [1.29, 1.82) is 0 Å². The molecule has 0 aromatic carbocycles. The lowest BCUT2D eigenvalue weighted by molar-refractivity contribution is -0.122. The predicted molar refractivity (Wildman–Crippen MR) is 81.0 cm³/mol. The summed E-state index contributed by atoms with van der Waals surface area (Å²) < 4.78 is 5.30. The van der Waals surface area contributed by atoms with Gasteiger partial charge in [0.25, 0.3) is 0 Å². The van der Waals surface area contributed by atoms with Crippen LogP contribution in [0.4, 0.5) is 0 Å². The quantitative estimate of drug-likeness (QED) is 0.622. The molecule has 2 fully saturated rings. The number of nitrogens with zero attached hydrogens (tertiary/aromatic N) is 1. The summed E-state index contributed by atoms with van der Waals surface area (Å²) in [6.07, 6.45) is 3.40. The maximum atomic E-state index is 12.0. The molecule has 0 bridgehead atoms. The molecule has 0 radical (unpaired) electrons. The molecular weight excluding hydrogens is 276 g/mol. The number of ether oxygens (including phenoxy) is 1. The lowest BCUT2D eigenvalue weighted by Gasteiger charge is -2.28. The number of hydrogen-bond acceptors (Lipinski definition) is 3. The van der Waals surface area contributed by atoms with Crippen LogP contribution >= 0.6 is 11.6 Å². The van der Waals surface area contributed by atoms with Crippen LogP contribution in [0.1, 0.15) is 25.7 Å². The molecule has 1 heterocycles. The molecule has 0 aromatic heterocycles. The first kappa shape index (κ1) is 15.8. The van der Waals surface area contributed by atoms with Gasteiger partial charge in [-0.25, -0.2) is 0 Å². The van der Waals surface area contributed by atoms with Crippen molar-refractivity contribution >= 4 is 17.5 Å². The van der Waals surface area contributed by atoms with Crippen molar-refractivity contribution in [2.24, 2.45) is 5.92 Å². The SMILES string of the molecule is C=C1CC(Cl)CCC1CC(=O)NCCN1CCOCC1. The molecule has 2 unspecified atom stereocenters. The van der Waals surface area contributed by atoms with E-state index < -0.39 is 0 Å². The highest BCUT2D eigenvalue weighted by molar-refractivity contribution is 6.20. The van der Waals surface area contributed by atoms with Crippen LogP contribution in [0.3, 0.4) is 0 Å². The average Bonchev–Trinajstić information content (AvgIpc) is 2.43. The Labute approximate surface area is 126 Å². The molecule has 114 valence electrons. The smallest absolute Gasteiger partial charge is 0.220 e. The minimum atomic E-state index is 0.137. The molecule has 2 atom stereocenters. The summed E-state index contributed by atoms with van der Waals surface area (Å²) in [5.41, 5.74) is 1.14. The molecule has 1 amide bonds. The van der Waals surface area contributed by atoms with E-state index in [0.29, 0.717) is 12.3 Å². The zero-order valence-electron chi connectivity index (χ0n) is 12.1. The van der Waals surface area contributed by atoms with Crippen LogP contribution in [0, 0.1) is 5.92 Å². The van der Waals surface area contributed by atoms with Gasteiger partial charge in [-0.15, -0.1) is 11.6 Å². The lowest BCUT2D eigenvalue weighted by Crippen LogP contribution is -2.41. The van der Waals surface area contributed by atoms with E-state index in [1.807, 2.05) is 0 Å². The van der Waals surface area contributed by atoms with Crippen molar-refractivity contribution in [1.82, 2.24) is 10.2 Å². The molecule has 1 saturated carbocycles. The number of nitrogens with one attached hydrogen (secondary N) is 1. The average molecular weight is 301 g/mol. The van der Waals surface area contributed by atoms with Crippen LogP contribution in [0.5, 0.6) is 0 Å². The topological polar surface area (TPSA) is 41.6 Å². The van der Waals surface area contributed by atoms with Gasteiger partial charge in [0, 0.05) is 38.0 Å². The number of morpholine rings is 1. The lowest BCUT2D eigenvalue weighted by atomic mass is 9.83. The fourth-order valence-electron chi connectivity index (χ4n) is 2.86. The Kier molecular flexibility index (Phi) is 6.33. The fourth-order valence-corrected chi connectivity index (χ4v) is 3.18. The minimum Gasteiger partial charge on any atom is -0.379 e. The van der Waals surface area contributed by atoms with E-state index in [4.69, 9.17) is 16.3 Å². The molecule has 0 aromatic rings. The maximum Gasteiger partial charge on any atom is 0.220 e. The Balaban J connectivity index is 1.61. The Morgan fingerprint density at radius 2 is 2.15 bits per heavy atom. The van der Waals surface area contributed by atoms with Gasteiger partial charge in [-0.2, -0.15) is 0 Å². The van der Waals surface area contributed by atoms with Gasteiger partial charge in [0.1, 0.15) is 0 Å². The first-order valence-electron chi connectivity index (χ1n) is 7.53. The monoisotopic (exact) mass is 300 g/mol. The third kappa shape index (κ3) is 5.08. The zero-order chi connectivity index (χ0) is 14.4. The molecular formula is C15H25ClN2O2. The van der Waals surface area contributed by atoms with Crippen molar-refractivity contribution < 1.29 is 9.53 Å². The van der Waals surface area contributed by atoms with Gasteiger partial charge in [-0.05, 0) is 25.2 Å². The van der Waals surface area contributed by atoms with Crippen LogP contribution in [0.15, 0.2) is 12.2 Å². The van der Waals surface area contributed by atoms with Gasteiger partial charge in [-0.3, -0.25) is 9.69 Å². The van der Waals surface area contributed by atoms with Crippen LogP contribution in [0.25, 0.3) is 0 Å². The Bertz CT molecular complexity index is 343. The number of rotatable bonds is 5. The molecule has 1 aliphatic heterocycles. The Morgan fingerprint density at radius 1 is 1.40 bits per heavy atom. The molecule has 1 aliphatic carbocycles. The molecule has 2 rings (SSSR count). The molecule has 1 saturated heterocycles. The number of alkyl halides is 1. The number of carbonyl (C=O) groups excluding carboxylic acids is 1. The van der Waals surface area contributed by atoms with Crippen molar-refractivity contribution in [3.63, 3.8) is 0 Å².